The predicted octanol–water partition coefficient (Wildman–Crippen LogP) is 1.68. The van der Waals surface area contributed by atoms with E-state index in [-0.39, 0.29) is 11.9 Å². The number of benzene rings is 1. The predicted molar refractivity (Wildman–Crippen MR) is 62.5 cm³/mol. The van der Waals surface area contributed by atoms with Gasteiger partial charge in [-0.05, 0) is 25.5 Å². The number of carbonyl (C=O) groups is 1. The lowest BCUT2D eigenvalue weighted by Crippen LogP contribution is -2.34. The minimum atomic E-state index is 0.0999. The highest BCUT2D eigenvalue weighted by Gasteiger charge is 2.13. The molecule has 0 saturated carbocycles. The number of amides is 1. The van der Waals surface area contributed by atoms with Crippen molar-refractivity contribution in [2.24, 2.45) is 0 Å². The van der Waals surface area contributed by atoms with Gasteiger partial charge in [0.05, 0.1) is 6.42 Å². The van der Waals surface area contributed by atoms with Gasteiger partial charge in [-0.25, -0.2) is 0 Å². The molecule has 1 amide bonds. The van der Waals surface area contributed by atoms with Gasteiger partial charge < -0.3 is 10.6 Å². The average molecular weight is 206 g/mol. The molecule has 0 aliphatic heterocycles. The zero-order valence-electron chi connectivity index (χ0n) is 9.53. The number of likely N-dealkylation sites (N-methyl/N-ethyl adjacent to an activating group) is 1. The molecule has 82 valence electrons. The van der Waals surface area contributed by atoms with Crippen LogP contribution in [0, 0.1) is 0 Å². The molecule has 0 radical (unpaired) electrons. The molecule has 0 atom stereocenters. The van der Waals surface area contributed by atoms with Gasteiger partial charge in [-0.2, -0.15) is 0 Å². The highest BCUT2D eigenvalue weighted by Crippen LogP contribution is 2.12. The largest absolute Gasteiger partial charge is 0.398 e. The molecule has 1 aromatic rings. The first kappa shape index (κ1) is 11.6. The van der Waals surface area contributed by atoms with Gasteiger partial charge in [0.25, 0.3) is 0 Å². The number of hydrogen-bond acceptors (Lipinski definition) is 2. The Balaban J connectivity index is 2.71. The Morgan fingerprint density at radius 3 is 2.53 bits per heavy atom. The number of carbonyl (C=O) groups excluding carboxylic acids is 1. The normalized spacial score (nSPS) is 10.4. The van der Waals surface area contributed by atoms with E-state index in [1.807, 2.05) is 45.2 Å². The molecule has 2 N–H and O–H groups in total. The maximum absolute atomic E-state index is 11.8. The Hall–Kier alpha value is -1.51. The summed E-state index contributed by atoms with van der Waals surface area (Å²) in [5, 5.41) is 0. The monoisotopic (exact) mass is 206 g/mol. The van der Waals surface area contributed by atoms with Crippen molar-refractivity contribution < 1.29 is 4.79 Å². The first-order chi connectivity index (χ1) is 7.02. The van der Waals surface area contributed by atoms with Crippen molar-refractivity contribution in [3.8, 4) is 0 Å². The number of rotatable bonds is 3. The number of hydrogen-bond donors (Lipinski definition) is 1. The molecule has 3 nitrogen and oxygen atoms in total. The fraction of sp³-hybridized carbons (Fsp3) is 0.417. The number of anilines is 1. The molecule has 0 fully saturated rings. The molecule has 1 rings (SSSR count). The van der Waals surface area contributed by atoms with Crippen molar-refractivity contribution in [2.45, 2.75) is 26.3 Å². The first-order valence-electron chi connectivity index (χ1n) is 5.11. The number of nitrogen functional groups attached to an aromatic ring is 1. The first-order valence-corrected chi connectivity index (χ1v) is 5.11. The van der Waals surface area contributed by atoms with Crippen LogP contribution in [0.1, 0.15) is 19.4 Å². The van der Waals surface area contributed by atoms with Crippen molar-refractivity contribution in [3.63, 3.8) is 0 Å². The fourth-order valence-corrected chi connectivity index (χ4v) is 1.27. The van der Waals surface area contributed by atoms with Crippen molar-refractivity contribution in [1.29, 1.82) is 0 Å². The van der Waals surface area contributed by atoms with E-state index in [9.17, 15) is 4.79 Å². The van der Waals surface area contributed by atoms with E-state index in [0.29, 0.717) is 12.1 Å². The standard InChI is InChI=1S/C12H18N2O/c1-9(2)14(3)12(15)8-10-6-4-5-7-11(10)13/h4-7,9H,8,13H2,1-3H3. The van der Waals surface area contributed by atoms with E-state index < -0.39 is 0 Å². The van der Waals surface area contributed by atoms with Crippen LogP contribution < -0.4 is 5.73 Å². The summed E-state index contributed by atoms with van der Waals surface area (Å²) < 4.78 is 0. The third-order valence-corrected chi connectivity index (χ3v) is 2.56. The molecule has 0 bridgehead atoms. The zero-order valence-corrected chi connectivity index (χ0v) is 9.53. The Morgan fingerprint density at radius 1 is 1.40 bits per heavy atom. The van der Waals surface area contributed by atoms with Gasteiger partial charge in [0.1, 0.15) is 0 Å². The second kappa shape index (κ2) is 4.82. The summed E-state index contributed by atoms with van der Waals surface area (Å²) in [6.07, 6.45) is 0.376. The molecule has 0 unspecified atom stereocenters. The molecule has 0 aliphatic carbocycles. The van der Waals surface area contributed by atoms with E-state index >= 15 is 0 Å². The van der Waals surface area contributed by atoms with Crippen LogP contribution in [0.3, 0.4) is 0 Å². The lowest BCUT2D eigenvalue weighted by Gasteiger charge is -2.21. The summed E-state index contributed by atoms with van der Waals surface area (Å²) in [5.74, 6) is 0.0999. The van der Waals surface area contributed by atoms with Crippen molar-refractivity contribution in [3.05, 3.63) is 29.8 Å². The third-order valence-electron chi connectivity index (χ3n) is 2.56. The van der Waals surface area contributed by atoms with Crippen molar-refractivity contribution in [1.82, 2.24) is 4.90 Å². The molecule has 15 heavy (non-hydrogen) atoms. The molecule has 0 spiro atoms. The van der Waals surface area contributed by atoms with E-state index in [1.54, 1.807) is 4.90 Å². The average Bonchev–Trinajstić information content (AvgIpc) is 2.20. The van der Waals surface area contributed by atoms with E-state index in [2.05, 4.69) is 0 Å². The summed E-state index contributed by atoms with van der Waals surface area (Å²) >= 11 is 0. The van der Waals surface area contributed by atoms with E-state index in [0.717, 1.165) is 5.56 Å². The molecule has 0 aromatic heterocycles. The summed E-state index contributed by atoms with van der Waals surface area (Å²) in [6, 6.07) is 7.70. The van der Waals surface area contributed by atoms with Crippen LogP contribution in [0.25, 0.3) is 0 Å². The quantitative estimate of drug-likeness (QED) is 0.765. The second-order valence-electron chi connectivity index (χ2n) is 3.97. The second-order valence-corrected chi connectivity index (χ2v) is 3.97. The van der Waals surface area contributed by atoms with Gasteiger partial charge in [0, 0.05) is 18.8 Å². The molecule has 0 saturated heterocycles. The van der Waals surface area contributed by atoms with Crippen LogP contribution in [-0.4, -0.2) is 23.9 Å². The van der Waals surface area contributed by atoms with Gasteiger partial charge in [-0.1, -0.05) is 18.2 Å². The van der Waals surface area contributed by atoms with Gasteiger partial charge >= 0.3 is 0 Å². The van der Waals surface area contributed by atoms with Crippen LogP contribution in [0.5, 0.6) is 0 Å². The lowest BCUT2D eigenvalue weighted by molar-refractivity contribution is -0.130. The van der Waals surface area contributed by atoms with Gasteiger partial charge in [-0.3, -0.25) is 4.79 Å². The molecule has 0 aliphatic rings. The van der Waals surface area contributed by atoms with Crippen LogP contribution >= 0.6 is 0 Å². The summed E-state index contributed by atoms with van der Waals surface area (Å²) in [6.45, 7) is 3.98. The Bertz CT molecular complexity index is 347. The lowest BCUT2D eigenvalue weighted by atomic mass is 10.1. The Morgan fingerprint density at radius 2 is 2.00 bits per heavy atom. The molecular formula is C12H18N2O. The third kappa shape index (κ3) is 2.98. The maximum atomic E-state index is 11.8. The van der Waals surface area contributed by atoms with Crippen LogP contribution in [0.15, 0.2) is 24.3 Å². The van der Waals surface area contributed by atoms with Gasteiger partial charge in [-0.15, -0.1) is 0 Å². The van der Waals surface area contributed by atoms with Crippen LogP contribution in [0.4, 0.5) is 5.69 Å². The summed E-state index contributed by atoms with van der Waals surface area (Å²) in [5.41, 5.74) is 7.36. The van der Waals surface area contributed by atoms with Crippen LogP contribution in [0.2, 0.25) is 0 Å². The Labute approximate surface area is 90.9 Å². The highest BCUT2D eigenvalue weighted by molar-refractivity contribution is 5.80. The van der Waals surface area contributed by atoms with E-state index in [1.165, 1.54) is 0 Å². The maximum Gasteiger partial charge on any atom is 0.227 e. The Kier molecular flexibility index (Phi) is 3.72. The number of para-hydroxylation sites is 1. The van der Waals surface area contributed by atoms with E-state index in [4.69, 9.17) is 5.73 Å². The molecule has 3 heteroatoms. The number of nitrogens with two attached hydrogens (primary N) is 1. The van der Waals surface area contributed by atoms with Gasteiger partial charge in [0.2, 0.25) is 5.91 Å². The van der Waals surface area contributed by atoms with Crippen molar-refractivity contribution >= 4 is 11.6 Å². The smallest absolute Gasteiger partial charge is 0.227 e. The molecular weight excluding hydrogens is 188 g/mol. The molecule has 1 aromatic carbocycles. The zero-order chi connectivity index (χ0) is 11.4. The van der Waals surface area contributed by atoms with Gasteiger partial charge in [0.15, 0.2) is 0 Å². The summed E-state index contributed by atoms with van der Waals surface area (Å²) in [7, 11) is 1.81. The minimum absolute atomic E-state index is 0.0999. The topological polar surface area (TPSA) is 46.3 Å². The summed E-state index contributed by atoms with van der Waals surface area (Å²) in [4.78, 5) is 13.5. The van der Waals surface area contributed by atoms with Crippen LogP contribution in [-0.2, 0) is 11.2 Å². The fourth-order valence-electron chi connectivity index (χ4n) is 1.27. The number of nitrogens with zero attached hydrogens (tertiary/aromatic N) is 1. The minimum Gasteiger partial charge on any atom is -0.398 e. The van der Waals surface area contributed by atoms with Crippen molar-refractivity contribution in [2.75, 3.05) is 12.8 Å². The SMILES string of the molecule is CC(C)N(C)C(=O)Cc1ccccc1N. The highest BCUT2D eigenvalue weighted by atomic mass is 16.2. The molecule has 0 heterocycles.